The Bertz CT molecular complexity index is 817. The van der Waals surface area contributed by atoms with Crippen LogP contribution < -0.4 is 10.6 Å². The number of imide groups is 1. The minimum absolute atomic E-state index is 0.201. The Morgan fingerprint density at radius 2 is 1.69 bits per heavy atom. The molecule has 1 aliphatic heterocycles. The van der Waals surface area contributed by atoms with Crippen LogP contribution in [-0.4, -0.2) is 32.3 Å². The molecule has 0 unspecified atom stereocenters. The summed E-state index contributed by atoms with van der Waals surface area (Å²) >= 11 is 0. The first-order chi connectivity index (χ1) is 12.4. The molecule has 3 amide bonds. The van der Waals surface area contributed by atoms with Crippen molar-refractivity contribution in [3.05, 3.63) is 59.2 Å². The van der Waals surface area contributed by atoms with Gasteiger partial charge in [-0.15, -0.1) is 0 Å². The number of aromatic nitrogens is 2. The lowest BCUT2D eigenvalue weighted by Crippen LogP contribution is -2.40. The van der Waals surface area contributed by atoms with Crippen LogP contribution in [-0.2, 0) is 24.4 Å². The molecular weight excluding hydrogens is 330 g/mol. The third-order valence-electron chi connectivity index (χ3n) is 4.41. The van der Waals surface area contributed by atoms with Crippen molar-refractivity contribution in [1.29, 1.82) is 0 Å². The number of amides is 3. The second kappa shape index (κ2) is 7.21. The molecule has 26 heavy (non-hydrogen) atoms. The van der Waals surface area contributed by atoms with E-state index in [0.29, 0.717) is 13.1 Å². The highest BCUT2D eigenvalue weighted by atomic mass is 16.2. The van der Waals surface area contributed by atoms with Crippen molar-refractivity contribution in [3.63, 3.8) is 0 Å². The van der Waals surface area contributed by atoms with Crippen molar-refractivity contribution >= 4 is 11.9 Å². The molecule has 0 radical (unpaired) electrons. The van der Waals surface area contributed by atoms with Gasteiger partial charge in [0.15, 0.2) is 0 Å². The van der Waals surface area contributed by atoms with Gasteiger partial charge in [0, 0.05) is 25.5 Å². The van der Waals surface area contributed by atoms with E-state index < -0.39 is 5.54 Å². The predicted octanol–water partition coefficient (Wildman–Crippen LogP) is 1.91. The molecule has 7 heteroatoms. The Morgan fingerprint density at radius 3 is 2.31 bits per heavy atom. The zero-order valence-corrected chi connectivity index (χ0v) is 15.2. The van der Waals surface area contributed by atoms with Gasteiger partial charge in [0.1, 0.15) is 5.54 Å². The Morgan fingerprint density at radius 1 is 1.04 bits per heavy atom. The molecule has 1 fully saturated rings. The van der Waals surface area contributed by atoms with Gasteiger partial charge < -0.3 is 10.6 Å². The minimum Gasteiger partial charge on any atom is -0.324 e. The van der Waals surface area contributed by atoms with Crippen molar-refractivity contribution in [2.45, 2.75) is 45.9 Å². The number of carbonyl (C=O) groups is 2. The average Bonchev–Trinajstić information content (AvgIpc) is 2.80. The van der Waals surface area contributed by atoms with Gasteiger partial charge in [-0.25, -0.2) is 4.79 Å². The molecule has 1 aliphatic rings. The lowest BCUT2D eigenvalue weighted by atomic mass is 10.1. The molecule has 7 nitrogen and oxygen atoms in total. The summed E-state index contributed by atoms with van der Waals surface area (Å²) in [5, 5.41) is 6.03. The van der Waals surface area contributed by atoms with E-state index in [4.69, 9.17) is 0 Å². The van der Waals surface area contributed by atoms with Gasteiger partial charge in [0.2, 0.25) is 0 Å². The topological polar surface area (TPSA) is 87.2 Å². The van der Waals surface area contributed by atoms with Gasteiger partial charge in [-0.3, -0.25) is 19.7 Å². The highest BCUT2D eigenvalue weighted by Crippen LogP contribution is 2.19. The molecule has 136 valence electrons. The minimum atomic E-state index is -0.834. The third kappa shape index (κ3) is 3.88. The first-order valence-electron chi connectivity index (χ1n) is 8.56. The van der Waals surface area contributed by atoms with Gasteiger partial charge in [0.25, 0.3) is 5.91 Å². The van der Waals surface area contributed by atoms with Crippen LogP contribution in [0.4, 0.5) is 4.79 Å². The van der Waals surface area contributed by atoms with Gasteiger partial charge in [0.05, 0.1) is 17.9 Å². The number of urea groups is 1. The normalized spacial score (nSPS) is 16.0. The molecule has 0 spiro atoms. The molecule has 0 saturated carbocycles. The Balaban J connectivity index is 1.55. The maximum absolute atomic E-state index is 12.2. The SMILES string of the molecule is Cc1nccnc1CNCc1ccc(CN2C(=O)NC(C)(C)C2=O)cc1. The van der Waals surface area contributed by atoms with Crippen molar-refractivity contribution in [2.24, 2.45) is 0 Å². The van der Waals surface area contributed by atoms with Crippen LogP contribution in [0.15, 0.2) is 36.7 Å². The van der Waals surface area contributed by atoms with Crippen LogP contribution in [0.5, 0.6) is 0 Å². The monoisotopic (exact) mass is 353 g/mol. The van der Waals surface area contributed by atoms with E-state index in [1.165, 1.54) is 4.90 Å². The van der Waals surface area contributed by atoms with E-state index in [1.807, 2.05) is 31.2 Å². The molecule has 2 N–H and O–H groups in total. The number of nitrogens with zero attached hydrogens (tertiary/aromatic N) is 3. The number of rotatable bonds is 6. The predicted molar refractivity (Wildman–Crippen MR) is 96.9 cm³/mol. The van der Waals surface area contributed by atoms with Gasteiger partial charge in [-0.05, 0) is 31.9 Å². The molecule has 0 atom stereocenters. The maximum atomic E-state index is 12.2. The van der Waals surface area contributed by atoms with Gasteiger partial charge in [-0.2, -0.15) is 0 Å². The lowest BCUT2D eigenvalue weighted by Gasteiger charge is -2.16. The number of nitrogens with one attached hydrogen (secondary N) is 2. The van der Waals surface area contributed by atoms with E-state index in [2.05, 4.69) is 20.6 Å². The van der Waals surface area contributed by atoms with Crippen molar-refractivity contribution < 1.29 is 9.59 Å². The van der Waals surface area contributed by atoms with Crippen LogP contribution in [0.1, 0.15) is 36.4 Å². The number of carbonyl (C=O) groups excluding carboxylic acids is 2. The summed E-state index contributed by atoms with van der Waals surface area (Å²) in [6, 6.07) is 7.53. The summed E-state index contributed by atoms with van der Waals surface area (Å²) < 4.78 is 0. The summed E-state index contributed by atoms with van der Waals surface area (Å²) in [5.41, 5.74) is 3.06. The summed E-state index contributed by atoms with van der Waals surface area (Å²) in [4.78, 5) is 34.0. The standard InChI is InChI=1S/C19H23N5O2/c1-13-16(22-9-8-21-13)11-20-10-14-4-6-15(7-5-14)12-24-17(25)19(2,3)23-18(24)26/h4-9,20H,10-12H2,1-3H3,(H,23,26). The first kappa shape index (κ1) is 18.0. The van der Waals surface area contributed by atoms with Gasteiger partial charge in [-0.1, -0.05) is 24.3 Å². The third-order valence-corrected chi connectivity index (χ3v) is 4.41. The highest BCUT2D eigenvalue weighted by molar-refractivity contribution is 6.06. The molecular formula is C19H23N5O2. The number of benzene rings is 1. The molecule has 0 bridgehead atoms. The molecule has 1 aromatic heterocycles. The average molecular weight is 353 g/mol. The second-order valence-electron chi connectivity index (χ2n) is 6.95. The quantitative estimate of drug-likeness (QED) is 0.775. The van der Waals surface area contributed by atoms with Crippen molar-refractivity contribution in [1.82, 2.24) is 25.5 Å². The largest absolute Gasteiger partial charge is 0.325 e. The first-order valence-corrected chi connectivity index (χ1v) is 8.56. The Labute approximate surface area is 152 Å². The van der Waals surface area contributed by atoms with Crippen LogP contribution >= 0.6 is 0 Å². The zero-order chi connectivity index (χ0) is 18.7. The van der Waals surface area contributed by atoms with Crippen molar-refractivity contribution in [2.75, 3.05) is 0 Å². The maximum Gasteiger partial charge on any atom is 0.325 e. The summed E-state index contributed by atoms with van der Waals surface area (Å²) in [6.45, 7) is 6.99. The summed E-state index contributed by atoms with van der Waals surface area (Å²) in [5.74, 6) is -0.201. The van der Waals surface area contributed by atoms with Crippen LogP contribution in [0, 0.1) is 6.92 Å². The summed E-state index contributed by atoms with van der Waals surface area (Å²) in [6.07, 6.45) is 3.37. The fourth-order valence-electron chi connectivity index (χ4n) is 2.84. The second-order valence-corrected chi connectivity index (χ2v) is 6.95. The van der Waals surface area contributed by atoms with Gasteiger partial charge >= 0.3 is 6.03 Å². The van der Waals surface area contributed by atoms with Crippen LogP contribution in [0.3, 0.4) is 0 Å². The fourth-order valence-corrected chi connectivity index (χ4v) is 2.84. The zero-order valence-electron chi connectivity index (χ0n) is 15.2. The Hall–Kier alpha value is -2.80. The van der Waals surface area contributed by atoms with E-state index in [9.17, 15) is 9.59 Å². The summed E-state index contributed by atoms with van der Waals surface area (Å²) in [7, 11) is 0. The molecule has 0 aliphatic carbocycles. The molecule has 1 saturated heterocycles. The lowest BCUT2D eigenvalue weighted by molar-refractivity contribution is -0.130. The molecule has 2 heterocycles. The number of hydrogen-bond donors (Lipinski definition) is 2. The number of hydrogen-bond acceptors (Lipinski definition) is 5. The fraction of sp³-hybridized carbons (Fsp3) is 0.368. The highest BCUT2D eigenvalue weighted by Gasteiger charge is 2.43. The smallest absolute Gasteiger partial charge is 0.324 e. The van der Waals surface area contributed by atoms with Crippen LogP contribution in [0.25, 0.3) is 0 Å². The van der Waals surface area contributed by atoms with E-state index >= 15 is 0 Å². The molecule has 3 rings (SSSR count). The number of aryl methyl sites for hydroxylation is 1. The molecule has 1 aromatic carbocycles. The van der Waals surface area contributed by atoms with E-state index in [1.54, 1.807) is 26.2 Å². The van der Waals surface area contributed by atoms with E-state index in [-0.39, 0.29) is 18.5 Å². The van der Waals surface area contributed by atoms with Crippen LogP contribution in [0.2, 0.25) is 0 Å². The molecule has 2 aromatic rings. The van der Waals surface area contributed by atoms with E-state index in [0.717, 1.165) is 22.5 Å². The Kier molecular flexibility index (Phi) is 4.99. The van der Waals surface area contributed by atoms with Crippen molar-refractivity contribution in [3.8, 4) is 0 Å².